The highest BCUT2D eigenvalue weighted by Gasteiger charge is 2.54. The van der Waals surface area contributed by atoms with E-state index in [0.717, 1.165) is 40.6 Å². The molecule has 2 aromatic carbocycles. The third-order valence-corrected chi connectivity index (χ3v) is 8.91. The lowest BCUT2D eigenvalue weighted by atomic mass is 9.55. The van der Waals surface area contributed by atoms with Gasteiger partial charge in [-0.1, -0.05) is 30.2 Å². The Morgan fingerprint density at radius 2 is 1.81 bits per heavy atom. The fourth-order valence-electron chi connectivity index (χ4n) is 6.84. The van der Waals surface area contributed by atoms with Crippen LogP contribution in [-0.2, 0) is 12.6 Å². The molecule has 3 aliphatic rings. The normalized spacial score (nSPS) is 25.5. The average molecular weight is 590 g/mol. The quantitative estimate of drug-likeness (QED) is 0.252. The molecular formula is C31H26F7N3O. The maximum absolute atomic E-state index is 14.3. The SMILES string of the molecule is C[C@]12Cc3cnn(-c4ccc(F)cc4)c3C=C1CCC1C2=CC[C@@H](C(F)(F)F)[C@@H]1NC(=O)c1cccc(C(F)(F)F)c1. The summed E-state index contributed by atoms with van der Waals surface area (Å²) < 4.78 is 97.7. The van der Waals surface area contributed by atoms with Crippen molar-refractivity contribution < 1.29 is 35.5 Å². The third kappa shape index (κ3) is 4.82. The molecule has 0 spiro atoms. The van der Waals surface area contributed by atoms with Crippen LogP contribution in [0.4, 0.5) is 30.7 Å². The predicted octanol–water partition coefficient (Wildman–Crippen LogP) is 7.69. The van der Waals surface area contributed by atoms with Crippen LogP contribution in [0.5, 0.6) is 0 Å². The van der Waals surface area contributed by atoms with E-state index in [-0.39, 0.29) is 17.8 Å². The number of carbonyl (C=O) groups excluding carboxylic acids is 1. The molecule has 3 aromatic rings. The number of aromatic nitrogens is 2. The van der Waals surface area contributed by atoms with Crippen LogP contribution in [0, 0.1) is 23.1 Å². The molecule has 3 aliphatic carbocycles. The summed E-state index contributed by atoms with van der Waals surface area (Å²) >= 11 is 0. The molecule has 4 atom stereocenters. The summed E-state index contributed by atoms with van der Waals surface area (Å²) in [5, 5.41) is 6.99. The van der Waals surface area contributed by atoms with Crippen molar-refractivity contribution in [2.75, 3.05) is 0 Å². The molecule has 1 aromatic heterocycles. The summed E-state index contributed by atoms with van der Waals surface area (Å²) in [6.07, 6.45) is -3.07. The lowest BCUT2D eigenvalue weighted by molar-refractivity contribution is -0.186. The number of benzene rings is 2. The number of amides is 1. The number of carbonyl (C=O) groups is 1. The van der Waals surface area contributed by atoms with Gasteiger partial charge in [0.25, 0.3) is 5.91 Å². The van der Waals surface area contributed by atoms with Gasteiger partial charge in [0, 0.05) is 22.9 Å². The average Bonchev–Trinajstić information content (AvgIpc) is 3.33. The molecule has 1 saturated carbocycles. The summed E-state index contributed by atoms with van der Waals surface area (Å²) in [5.41, 5.74) is 2.17. The monoisotopic (exact) mass is 589 g/mol. The number of hydrogen-bond acceptors (Lipinski definition) is 2. The first-order chi connectivity index (χ1) is 19.8. The maximum atomic E-state index is 14.3. The summed E-state index contributed by atoms with van der Waals surface area (Å²) in [5.74, 6) is -3.88. The maximum Gasteiger partial charge on any atom is 0.416 e. The van der Waals surface area contributed by atoms with Crippen LogP contribution in [0.25, 0.3) is 11.8 Å². The standard InChI is InChI=1S/C31H26F7N3O/c1-29-15-18-16-39-41(22-8-6-21(32)7-9-22)26(18)14-19(29)5-10-23-24(29)11-12-25(31(36,37)38)27(23)40-28(42)17-3-2-4-20(13-17)30(33,34)35/h2-4,6-9,11,13-14,16,23,25,27H,5,10,12,15H2,1H3,(H,40,42)/t23?,25-,27-,29+/m1/s1. The topological polar surface area (TPSA) is 46.9 Å². The van der Waals surface area contributed by atoms with E-state index in [2.05, 4.69) is 10.4 Å². The minimum atomic E-state index is -4.70. The highest BCUT2D eigenvalue weighted by molar-refractivity contribution is 5.94. The molecule has 1 fully saturated rings. The second kappa shape index (κ2) is 9.84. The summed E-state index contributed by atoms with van der Waals surface area (Å²) in [7, 11) is 0. The van der Waals surface area contributed by atoms with Crippen molar-refractivity contribution in [3.8, 4) is 5.69 Å². The van der Waals surface area contributed by atoms with Gasteiger partial charge in [-0.2, -0.15) is 31.4 Å². The Morgan fingerprint density at radius 1 is 1.07 bits per heavy atom. The molecular weight excluding hydrogens is 563 g/mol. The van der Waals surface area contributed by atoms with Crippen LogP contribution in [0.2, 0.25) is 0 Å². The van der Waals surface area contributed by atoms with Gasteiger partial charge in [-0.3, -0.25) is 4.79 Å². The van der Waals surface area contributed by atoms with Crippen LogP contribution in [-0.4, -0.2) is 27.9 Å². The number of rotatable bonds is 3. The molecule has 0 bridgehead atoms. The van der Waals surface area contributed by atoms with E-state index in [0.29, 0.717) is 31.0 Å². The van der Waals surface area contributed by atoms with Crippen LogP contribution in [0.3, 0.4) is 0 Å². The summed E-state index contributed by atoms with van der Waals surface area (Å²) in [4.78, 5) is 13.1. The fourth-order valence-corrected chi connectivity index (χ4v) is 6.84. The van der Waals surface area contributed by atoms with Crippen LogP contribution in [0.1, 0.15) is 53.4 Å². The Hall–Kier alpha value is -3.89. The Kier molecular flexibility index (Phi) is 6.62. The predicted molar refractivity (Wildman–Crippen MR) is 141 cm³/mol. The molecule has 1 amide bonds. The van der Waals surface area contributed by atoms with E-state index in [9.17, 15) is 35.5 Å². The number of alkyl halides is 6. The van der Waals surface area contributed by atoms with E-state index in [1.807, 2.05) is 13.0 Å². The molecule has 220 valence electrons. The van der Waals surface area contributed by atoms with Gasteiger partial charge in [0.15, 0.2) is 0 Å². The van der Waals surface area contributed by atoms with E-state index < -0.39 is 47.1 Å². The van der Waals surface area contributed by atoms with E-state index >= 15 is 0 Å². The highest BCUT2D eigenvalue weighted by Crippen LogP contribution is 2.57. The van der Waals surface area contributed by atoms with Gasteiger partial charge >= 0.3 is 12.4 Å². The molecule has 1 unspecified atom stereocenters. The second-order valence-electron chi connectivity index (χ2n) is 11.4. The van der Waals surface area contributed by atoms with Crippen molar-refractivity contribution in [1.29, 1.82) is 0 Å². The first kappa shape index (κ1) is 28.2. The van der Waals surface area contributed by atoms with Crippen molar-refractivity contribution >= 4 is 12.0 Å². The van der Waals surface area contributed by atoms with Gasteiger partial charge in [-0.25, -0.2) is 9.07 Å². The first-order valence-corrected chi connectivity index (χ1v) is 13.5. The van der Waals surface area contributed by atoms with E-state index in [4.69, 9.17) is 0 Å². The Morgan fingerprint density at radius 3 is 2.50 bits per heavy atom. The van der Waals surface area contributed by atoms with Gasteiger partial charge in [-0.15, -0.1) is 0 Å². The van der Waals surface area contributed by atoms with E-state index in [1.54, 1.807) is 29.1 Å². The van der Waals surface area contributed by atoms with Crippen LogP contribution >= 0.6 is 0 Å². The number of halogens is 7. The lowest BCUT2D eigenvalue weighted by Crippen LogP contribution is -2.55. The zero-order chi connectivity index (χ0) is 30.0. The number of fused-ring (bicyclic) bond motifs is 4. The number of nitrogens with zero attached hydrogens (tertiary/aromatic N) is 2. The lowest BCUT2D eigenvalue weighted by Gasteiger charge is -2.51. The molecule has 0 saturated heterocycles. The first-order valence-electron chi connectivity index (χ1n) is 13.5. The van der Waals surface area contributed by atoms with Crippen molar-refractivity contribution in [1.82, 2.24) is 15.1 Å². The highest BCUT2D eigenvalue weighted by atomic mass is 19.4. The minimum Gasteiger partial charge on any atom is -0.348 e. The molecule has 42 heavy (non-hydrogen) atoms. The number of hydrogen-bond donors (Lipinski definition) is 1. The Labute approximate surface area is 236 Å². The third-order valence-electron chi connectivity index (χ3n) is 8.91. The Balaban J connectivity index is 1.33. The van der Waals surface area contributed by atoms with E-state index in [1.165, 1.54) is 12.1 Å². The summed E-state index contributed by atoms with van der Waals surface area (Å²) in [6.45, 7) is 1.98. The molecule has 6 rings (SSSR count). The zero-order valence-electron chi connectivity index (χ0n) is 22.4. The molecule has 0 aliphatic heterocycles. The largest absolute Gasteiger partial charge is 0.416 e. The van der Waals surface area contributed by atoms with Gasteiger partial charge in [0.2, 0.25) is 0 Å². The van der Waals surface area contributed by atoms with Crippen molar-refractivity contribution in [2.24, 2.45) is 17.3 Å². The molecule has 1 heterocycles. The molecule has 4 nitrogen and oxygen atoms in total. The zero-order valence-corrected chi connectivity index (χ0v) is 22.4. The molecule has 1 N–H and O–H groups in total. The van der Waals surface area contributed by atoms with Crippen LogP contribution in [0.15, 0.2) is 72.0 Å². The fraction of sp³-hybridized carbons (Fsp3) is 0.355. The van der Waals surface area contributed by atoms with Gasteiger partial charge in [0.1, 0.15) is 5.82 Å². The molecule has 0 radical (unpaired) electrons. The second-order valence-corrected chi connectivity index (χ2v) is 11.4. The smallest absolute Gasteiger partial charge is 0.348 e. The van der Waals surface area contributed by atoms with Crippen LogP contribution < -0.4 is 5.32 Å². The van der Waals surface area contributed by atoms with Crippen molar-refractivity contribution in [3.05, 3.63) is 100 Å². The Bertz CT molecular complexity index is 1600. The molecule has 11 heteroatoms. The van der Waals surface area contributed by atoms with Crippen molar-refractivity contribution in [2.45, 2.75) is 51.0 Å². The number of allylic oxidation sites excluding steroid dienone is 2. The van der Waals surface area contributed by atoms with Gasteiger partial charge in [0.05, 0.1) is 29.1 Å². The van der Waals surface area contributed by atoms with Crippen molar-refractivity contribution in [3.63, 3.8) is 0 Å². The summed E-state index contributed by atoms with van der Waals surface area (Å²) in [6, 6.07) is 8.26. The van der Waals surface area contributed by atoms with Gasteiger partial charge in [-0.05, 0) is 79.8 Å². The van der Waals surface area contributed by atoms with Gasteiger partial charge < -0.3 is 5.32 Å². The number of nitrogens with one attached hydrogen (secondary N) is 1. The minimum absolute atomic E-state index is 0.327.